The van der Waals surface area contributed by atoms with Crippen LogP contribution in [0.3, 0.4) is 0 Å². The number of nitrogens with one attached hydrogen (secondary N) is 1. The summed E-state index contributed by atoms with van der Waals surface area (Å²) in [5, 5.41) is 13.0. The number of likely N-dealkylation sites (N-methyl/N-ethyl adjacent to an activating group) is 1. The number of aromatic nitrogens is 2. The molecular weight excluding hydrogens is 462 g/mol. The molecule has 0 saturated carbocycles. The lowest BCUT2D eigenvalue weighted by atomic mass is 10.0. The number of hydrogen-bond acceptors (Lipinski definition) is 8. The van der Waals surface area contributed by atoms with Gasteiger partial charge in [0.15, 0.2) is 5.78 Å². The number of hydrogen-bond donors (Lipinski definition) is 1. The van der Waals surface area contributed by atoms with E-state index in [0.29, 0.717) is 29.4 Å². The van der Waals surface area contributed by atoms with E-state index in [0.717, 1.165) is 47.9 Å². The summed E-state index contributed by atoms with van der Waals surface area (Å²) in [6, 6.07) is 13.3. The summed E-state index contributed by atoms with van der Waals surface area (Å²) >= 11 is 1.43. The minimum Gasteiger partial charge on any atom is -0.380 e. The summed E-state index contributed by atoms with van der Waals surface area (Å²) in [7, 11) is 3.69. The number of ether oxygens (including phenoxy) is 1. The first-order valence-electron chi connectivity index (χ1n) is 11.7. The molecule has 1 aliphatic rings. The molecular formula is C26H31N5O3S. The highest BCUT2D eigenvalue weighted by Crippen LogP contribution is 2.27. The zero-order valence-corrected chi connectivity index (χ0v) is 21.2. The van der Waals surface area contributed by atoms with Crippen LogP contribution in [0.15, 0.2) is 42.5 Å². The van der Waals surface area contributed by atoms with Gasteiger partial charge in [0, 0.05) is 55.7 Å². The van der Waals surface area contributed by atoms with Crippen molar-refractivity contribution in [3.63, 3.8) is 0 Å². The Bertz CT molecular complexity index is 1190. The maximum absolute atomic E-state index is 13.1. The van der Waals surface area contributed by atoms with Gasteiger partial charge in [0.25, 0.3) is 0 Å². The second kappa shape index (κ2) is 11.6. The third kappa shape index (κ3) is 6.58. The van der Waals surface area contributed by atoms with E-state index in [9.17, 15) is 9.59 Å². The predicted octanol–water partition coefficient (Wildman–Crippen LogP) is 3.27. The fraction of sp³-hybridized carbons (Fsp3) is 0.385. The molecule has 1 aliphatic heterocycles. The third-order valence-electron chi connectivity index (χ3n) is 6.12. The number of Topliss-reactive ketones (excluding diaryl/α,β-unsaturated/α-hetero) is 1. The number of aryl methyl sites for hydroxylation is 1. The van der Waals surface area contributed by atoms with Crippen molar-refractivity contribution >= 4 is 28.7 Å². The molecule has 1 saturated heterocycles. The number of carbonyl (C=O) groups is 2. The van der Waals surface area contributed by atoms with Gasteiger partial charge < -0.3 is 15.0 Å². The molecule has 0 spiro atoms. The molecule has 0 unspecified atom stereocenters. The highest BCUT2D eigenvalue weighted by molar-refractivity contribution is 7.14. The van der Waals surface area contributed by atoms with E-state index in [2.05, 4.69) is 32.4 Å². The number of benzene rings is 2. The average molecular weight is 494 g/mol. The van der Waals surface area contributed by atoms with Gasteiger partial charge in [-0.3, -0.25) is 14.5 Å². The SMILES string of the molecule is COCc1ccc(C(=O)Cc2nnc(-c3ccccc3C)s2)cc1NC(=O)CN1CCN(C)CC1. The summed E-state index contributed by atoms with van der Waals surface area (Å²) in [5.41, 5.74) is 4.10. The molecule has 1 aromatic heterocycles. The van der Waals surface area contributed by atoms with Crippen LogP contribution in [0.4, 0.5) is 5.69 Å². The van der Waals surface area contributed by atoms with E-state index >= 15 is 0 Å². The summed E-state index contributed by atoms with van der Waals surface area (Å²) < 4.78 is 5.29. The molecule has 0 bridgehead atoms. The molecule has 3 aromatic rings. The van der Waals surface area contributed by atoms with Gasteiger partial charge >= 0.3 is 0 Å². The monoisotopic (exact) mass is 493 g/mol. The van der Waals surface area contributed by atoms with Gasteiger partial charge in [-0.2, -0.15) is 0 Å². The number of piperazine rings is 1. The molecule has 35 heavy (non-hydrogen) atoms. The minimum atomic E-state index is -0.0940. The van der Waals surface area contributed by atoms with Gasteiger partial charge in [-0.15, -0.1) is 10.2 Å². The number of amides is 1. The molecule has 9 heteroatoms. The number of ketones is 1. The van der Waals surface area contributed by atoms with Crippen molar-refractivity contribution in [2.45, 2.75) is 20.0 Å². The fourth-order valence-electron chi connectivity index (χ4n) is 4.03. The van der Waals surface area contributed by atoms with Crippen molar-refractivity contribution in [1.29, 1.82) is 0 Å². The Morgan fingerprint density at radius 3 is 2.60 bits per heavy atom. The number of methoxy groups -OCH3 is 1. The maximum Gasteiger partial charge on any atom is 0.238 e. The molecule has 1 fully saturated rings. The molecule has 1 N–H and O–H groups in total. The number of rotatable bonds is 9. The van der Waals surface area contributed by atoms with E-state index in [1.807, 2.05) is 37.3 Å². The van der Waals surface area contributed by atoms with E-state index in [1.165, 1.54) is 11.3 Å². The van der Waals surface area contributed by atoms with Crippen LogP contribution in [0, 0.1) is 6.92 Å². The fourth-order valence-corrected chi connectivity index (χ4v) is 4.96. The van der Waals surface area contributed by atoms with Crippen LogP contribution in [0.25, 0.3) is 10.6 Å². The Morgan fingerprint density at radius 2 is 1.86 bits per heavy atom. The van der Waals surface area contributed by atoms with E-state index in [1.54, 1.807) is 19.2 Å². The second-order valence-electron chi connectivity index (χ2n) is 8.85. The molecule has 184 valence electrons. The molecule has 8 nitrogen and oxygen atoms in total. The Labute approximate surface area is 209 Å². The van der Waals surface area contributed by atoms with Crippen LogP contribution in [0.1, 0.15) is 26.5 Å². The summed E-state index contributed by atoms with van der Waals surface area (Å²) in [6.45, 7) is 6.31. The van der Waals surface area contributed by atoms with Crippen molar-refractivity contribution in [3.8, 4) is 10.6 Å². The lowest BCUT2D eigenvalue weighted by molar-refractivity contribution is -0.117. The largest absolute Gasteiger partial charge is 0.380 e. The van der Waals surface area contributed by atoms with Crippen molar-refractivity contribution in [3.05, 3.63) is 64.2 Å². The van der Waals surface area contributed by atoms with Crippen molar-refractivity contribution in [1.82, 2.24) is 20.0 Å². The van der Waals surface area contributed by atoms with Gasteiger partial charge in [-0.1, -0.05) is 47.7 Å². The zero-order valence-electron chi connectivity index (χ0n) is 20.4. The van der Waals surface area contributed by atoms with Crippen LogP contribution in [0.5, 0.6) is 0 Å². The van der Waals surface area contributed by atoms with Crippen molar-refractivity contribution in [2.75, 3.05) is 52.2 Å². The van der Waals surface area contributed by atoms with Crippen molar-refractivity contribution < 1.29 is 14.3 Å². The van der Waals surface area contributed by atoms with Crippen LogP contribution < -0.4 is 5.32 Å². The van der Waals surface area contributed by atoms with Crippen LogP contribution in [-0.2, 0) is 22.6 Å². The first-order chi connectivity index (χ1) is 16.9. The van der Waals surface area contributed by atoms with Crippen LogP contribution >= 0.6 is 11.3 Å². The Hall–Kier alpha value is -2.98. The van der Waals surface area contributed by atoms with E-state index in [4.69, 9.17) is 4.74 Å². The highest BCUT2D eigenvalue weighted by Gasteiger charge is 2.19. The van der Waals surface area contributed by atoms with Gasteiger partial charge in [-0.05, 0) is 25.6 Å². The Kier molecular flexibility index (Phi) is 8.35. The standard InChI is InChI=1S/C26H31N5O3S/c1-18-6-4-5-7-21(18)26-29-28-25(35-26)15-23(32)19-8-9-20(17-34-3)22(14-19)27-24(33)16-31-12-10-30(2)11-13-31/h4-9,14H,10-13,15-17H2,1-3H3,(H,27,33). The van der Waals surface area contributed by atoms with Gasteiger partial charge in [0.05, 0.1) is 19.6 Å². The number of carbonyl (C=O) groups excluding carboxylic acids is 2. The second-order valence-corrected chi connectivity index (χ2v) is 9.91. The average Bonchev–Trinajstić information content (AvgIpc) is 3.30. The predicted molar refractivity (Wildman–Crippen MR) is 138 cm³/mol. The summed E-state index contributed by atoms with van der Waals surface area (Å²) in [4.78, 5) is 30.2. The first kappa shape index (κ1) is 25.1. The number of anilines is 1. The summed E-state index contributed by atoms with van der Waals surface area (Å²) in [6.07, 6.45) is 0.155. The van der Waals surface area contributed by atoms with Gasteiger partial charge in [0.2, 0.25) is 5.91 Å². The van der Waals surface area contributed by atoms with Gasteiger partial charge in [0.1, 0.15) is 10.0 Å². The highest BCUT2D eigenvalue weighted by atomic mass is 32.1. The number of nitrogens with zero attached hydrogens (tertiary/aromatic N) is 4. The molecule has 0 atom stereocenters. The Balaban J connectivity index is 1.45. The molecule has 1 amide bonds. The normalized spacial score (nSPS) is 14.7. The maximum atomic E-state index is 13.1. The minimum absolute atomic E-state index is 0.0731. The molecule has 2 heterocycles. The smallest absolute Gasteiger partial charge is 0.238 e. The molecule has 0 aliphatic carbocycles. The quantitative estimate of drug-likeness (QED) is 0.458. The zero-order chi connectivity index (χ0) is 24.8. The lowest BCUT2D eigenvalue weighted by Gasteiger charge is -2.31. The Morgan fingerprint density at radius 1 is 1.09 bits per heavy atom. The topological polar surface area (TPSA) is 87.7 Å². The third-order valence-corrected chi connectivity index (χ3v) is 7.08. The lowest BCUT2D eigenvalue weighted by Crippen LogP contribution is -2.47. The van der Waals surface area contributed by atoms with Crippen LogP contribution in [0.2, 0.25) is 0 Å². The summed E-state index contributed by atoms with van der Waals surface area (Å²) in [5.74, 6) is -0.167. The van der Waals surface area contributed by atoms with Crippen LogP contribution in [-0.4, -0.2) is 78.6 Å². The first-order valence-corrected chi connectivity index (χ1v) is 12.5. The molecule has 4 rings (SSSR count). The van der Waals surface area contributed by atoms with Crippen molar-refractivity contribution in [2.24, 2.45) is 0 Å². The molecule has 0 radical (unpaired) electrons. The molecule has 2 aromatic carbocycles. The van der Waals surface area contributed by atoms with E-state index < -0.39 is 0 Å². The van der Waals surface area contributed by atoms with E-state index in [-0.39, 0.29) is 18.1 Å². The van der Waals surface area contributed by atoms with Gasteiger partial charge in [-0.25, -0.2) is 0 Å².